The minimum Gasteiger partial charge on any atom is -0.367 e. The zero-order valence-electron chi connectivity index (χ0n) is 15.3. The van der Waals surface area contributed by atoms with Gasteiger partial charge in [-0.05, 0) is 30.8 Å². The Balaban J connectivity index is 1.83. The number of hydrogen-bond acceptors (Lipinski definition) is 5. The third-order valence-corrected chi connectivity index (χ3v) is 5.32. The van der Waals surface area contributed by atoms with Crippen molar-refractivity contribution < 1.29 is 9.72 Å². The van der Waals surface area contributed by atoms with Gasteiger partial charge in [0.15, 0.2) is 0 Å². The molecule has 1 fully saturated rings. The van der Waals surface area contributed by atoms with Gasteiger partial charge in [0.05, 0.1) is 26.9 Å². The Morgan fingerprint density at radius 2 is 1.86 bits per heavy atom. The minimum atomic E-state index is -0.557. The number of likely N-dealkylation sites (N-methyl/N-ethyl adjacent to an activating group) is 1. The fourth-order valence-electron chi connectivity index (χ4n) is 3.18. The fraction of sp³-hybridized carbons (Fsp3) is 0.316. The molecule has 2 aromatic carbocycles. The zero-order valence-corrected chi connectivity index (χ0v) is 16.8. The number of hydrogen-bond donors (Lipinski definition) is 1. The van der Waals surface area contributed by atoms with E-state index in [1.165, 1.54) is 18.2 Å². The molecule has 0 saturated carbocycles. The second kappa shape index (κ2) is 8.77. The van der Waals surface area contributed by atoms with Crippen molar-refractivity contribution in [3.05, 3.63) is 62.1 Å². The molecule has 0 atom stereocenters. The van der Waals surface area contributed by atoms with Gasteiger partial charge >= 0.3 is 0 Å². The molecular weight excluding hydrogens is 403 g/mol. The Bertz CT molecular complexity index is 899. The summed E-state index contributed by atoms with van der Waals surface area (Å²) in [6.07, 6.45) is 0. The molecule has 7 nitrogen and oxygen atoms in total. The fourth-order valence-corrected chi connectivity index (χ4v) is 3.61. The van der Waals surface area contributed by atoms with Gasteiger partial charge in [-0.15, -0.1) is 0 Å². The first-order valence-electron chi connectivity index (χ1n) is 8.91. The number of amides is 1. The van der Waals surface area contributed by atoms with Crippen LogP contribution in [0.2, 0.25) is 10.0 Å². The van der Waals surface area contributed by atoms with E-state index in [-0.39, 0.29) is 16.3 Å². The van der Waals surface area contributed by atoms with Crippen molar-refractivity contribution in [3.63, 3.8) is 0 Å². The van der Waals surface area contributed by atoms with Crippen LogP contribution in [0.15, 0.2) is 36.4 Å². The molecule has 3 rings (SSSR count). The standard InChI is InChI=1S/C19H20Cl2N4O3/c1-2-23-7-9-24(10-8-23)18-6-3-13(20)11-17(18)22-19(26)15-5-4-14(25(27)28)12-16(15)21/h3-6,11-12H,2,7-10H2,1H3,(H,22,26). The van der Waals surface area contributed by atoms with E-state index in [0.29, 0.717) is 10.7 Å². The van der Waals surface area contributed by atoms with E-state index in [1.807, 2.05) is 6.07 Å². The molecule has 9 heteroatoms. The van der Waals surface area contributed by atoms with E-state index >= 15 is 0 Å². The van der Waals surface area contributed by atoms with Crippen molar-refractivity contribution in [1.29, 1.82) is 0 Å². The molecule has 1 N–H and O–H groups in total. The smallest absolute Gasteiger partial charge is 0.270 e. The Kier molecular flexibility index (Phi) is 6.39. The maximum Gasteiger partial charge on any atom is 0.270 e. The molecule has 1 heterocycles. The predicted octanol–water partition coefficient (Wildman–Crippen LogP) is 4.30. The van der Waals surface area contributed by atoms with Gasteiger partial charge in [-0.1, -0.05) is 30.1 Å². The van der Waals surface area contributed by atoms with Crippen molar-refractivity contribution in [2.75, 3.05) is 42.9 Å². The van der Waals surface area contributed by atoms with Crippen LogP contribution >= 0.6 is 23.2 Å². The van der Waals surface area contributed by atoms with Gasteiger partial charge < -0.3 is 15.1 Å². The molecule has 0 unspecified atom stereocenters. The summed E-state index contributed by atoms with van der Waals surface area (Å²) < 4.78 is 0. The van der Waals surface area contributed by atoms with Crippen LogP contribution in [-0.2, 0) is 0 Å². The minimum absolute atomic E-state index is 0.0202. The van der Waals surface area contributed by atoms with Gasteiger partial charge in [-0.3, -0.25) is 14.9 Å². The predicted molar refractivity (Wildman–Crippen MR) is 112 cm³/mol. The molecule has 148 valence electrons. The number of halogens is 2. The lowest BCUT2D eigenvalue weighted by atomic mass is 10.1. The van der Waals surface area contributed by atoms with Crippen LogP contribution in [0.4, 0.5) is 17.1 Å². The summed E-state index contributed by atoms with van der Waals surface area (Å²) in [6, 6.07) is 9.14. The first kappa shape index (κ1) is 20.4. The summed E-state index contributed by atoms with van der Waals surface area (Å²) in [5.74, 6) is -0.449. The molecule has 1 aliphatic rings. The number of non-ortho nitro benzene ring substituents is 1. The van der Waals surface area contributed by atoms with Gasteiger partial charge in [0.1, 0.15) is 0 Å². The lowest BCUT2D eigenvalue weighted by Crippen LogP contribution is -2.46. The Hall–Kier alpha value is -2.35. The quantitative estimate of drug-likeness (QED) is 0.573. The van der Waals surface area contributed by atoms with E-state index < -0.39 is 10.8 Å². The Morgan fingerprint density at radius 3 is 2.46 bits per heavy atom. The van der Waals surface area contributed by atoms with Crippen molar-refractivity contribution in [1.82, 2.24) is 4.90 Å². The highest BCUT2D eigenvalue weighted by Crippen LogP contribution is 2.31. The molecule has 1 saturated heterocycles. The van der Waals surface area contributed by atoms with Crippen molar-refractivity contribution in [2.45, 2.75) is 6.92 Å². The summed E-state index contributed by atoms with van der Waals surface area (Å²) in [6.45, 7) is 6.73. The van der Waals surface area contributed by atoms with E-state index in [2.05, 4.69) is 22.0 Å². The highest BCUT2D eigenvalue weighted by atomic mass is 35.5. The number of rotatable bonds is 5. The largest absolute Gasteiger partial charge is 0.367 e. The molecule has 0 aromatic heterocycles. The maximum atomic E-state index is 12.7. The number of carbonyl (C=O) groups excluding carboxylic acids is 1. The Labute approximate surface area is 173 Å². The molecule has 28 heavy (non-hydrogen) atoms. The van der Waals surface area contributed by atoms with Crippen molar-refractivity contribution >= 4 is 46.2 Å². The van der Waals surface area contributed by atoms with E-state index in [9.17, 15) is 14.9 Å². The van der Waals surface area contributed by atoms with Gasteiger partial charge in [0.2, 0.25) is 0 Å². The normalized spacial score (nSPS) is 14.8. The van der Waals surface area contributed by atoms with Crippen LogP contribution in [0.25, 0.3) is 0 Å². The third-order valence-electron chi connectivity index (χ3n) is 4.78. The first-order chi connectivity index (χ1) is 13.4. The molecule has 0 spiro atoms. The van der Waals surface area contributed by atoms with Crippen molar-refractivity contribution in [3.8, 4) is 0 Å². The molecule has 0 bridgehead atoms. The highest BCUT2D eigenvalue weighted by Gasteiger charge is 2.21. The van der Waals surface area contributed by atoms with E-state index in [0.717, 1.165) is 38.4 Å². The van der Waals surface area contributed by atoms with Crippen LogP contribution in [0.1, 0.15) is 17.3 Å². The average Bonchev–Trinajstić information content (AvgIpc) is 2.68. The lowest BCUT2D eigenvalue weighted by molar-refractivity contribution is -0.384. The molecular formula is C19H20Cl2N4O3. The number of anilines is 2. The molecule has 0 aliphatic carbocycles. The number of nitro groups is 1. The third kappa shape index (κ3) is 4.55. The van der Waals surface area contributed by atoms with Crippen LogP contribution < -0.4 is 10.2 Å². The van der Waals surface area contributed by atoms with Crippen LogP contribution in [0, 0.1) is 10.1 Å². The summed E-state index contributed by atoms with van der Waals surface area (Å²) >= 11 is 12.2. The Morgan fingerprint density at radius 1 is 1.14 bits per heavy atom. The molecule has 1 amide bonds. The summed E-state index contributed by atoms with van der Waals surface area (Å²) in [4.78, 5) is 27.6. The lowest BCUT2D eigenvalue weighted by Gasteiger charge is -2.36. The van der Waals surface area contributed by atoms with E-state index in [4.69, 9.17) is 23.2 Å². The number of piperazine rings is 1. The molecule has 0 radical (unpaired) electrons. The van der Waals surface area contributed by atoms with Crippen molar-refractivity contribution in [2.24, 2.45) is 0 Å². The van der Waals surface area contributed by atoms with Crippen LogP contribution in [0.5, 0.6) is 0 Å². The second-order valence-electron chi connectivity index (χ2n) is 6.46. The summed E-state index contributed by atoms with van der Waals surface area (Å²) in [5.41, 5.74) is 1.45. The number of carbonyl (C=O) groups is 1. The van der Waals surface area contributed by atoms with Gasteiger partial charge in [-0.2, -0.15) is 0 Å². The summed E-state index contributed by atoms with van der Waals surface area (Å²) in [7, 11) is 0. The SMILES string of the molecule is CCN1CCN(c2ccc(Cl)cc2NC(=O)c2ccc([N+](=O)[O-])cc2Cl)CC1. The monoisotopic (exact) mass is 422 g/mol. The van der Waals surface area contributed by atoms with Gasteiger partial charge in [0, 0.05) is 43.3 Å². The van der Waals surface area contributed by atoms with Crippen LogP contribution in [-0.4, -0.2) is 48.5 Å². The number of nitrogens with one attached hydrogen (secondary N) is 1. The zero-order chi connectivity index (χ0) is 20.3. The highest BCUT2D eigenvalue weighted by molar-refractivity contribution is 6.35. The number of benzene rings is 2. The molecule has 2 aromatic rings. The number of nitrogens with zero attached hydrogens (tertiary/aromatic N) is 3. The van der Waals surface area contributed by atoms with Crippen LogP contribution in [0.3, 0.4) is 0 Å². The molecule has 1 aliphatic heterocycles. The van der Waals surface area contributed by atoms with Gasteiger partial charge in [-0.25, -0.2) is 0 Å². The van der Waals surface area contributed by atoms with E-state index in [1.54, 1.807) is 12.1 Å². The topological polar surface area (TPSA) is 78.7 Å². The van der Waals surface area contributed by atoms with Gasteiger partial charge in [0.25, 0.3) is 11.6 Å². The first-order valence-corrected chi connectivity index (χ1v) is 9.66. The summed E-state index contributed by atoms with van der Waals surface area (Å²) in [5, 5.41) is 14.2. The number of nitro benzene ring substituents is 1. The average molecular weight is 423 g/mol. The second-order valence-corrected chi connectivity index (χ2v) is 7.30. The maximum absolute atomic E-state index is 12.7.